The number of rotatable bonds is 2. The summed E-state index contributed by atoms with van der Waals surface area (Å²) in [6, 6.07) is 6.80. The highest BCUT2D eigenvalue weighted by molar-refractivity contribution is 6.22. The lowest BCUT2D eigenvalue weighted by Crippen LogP contribution is -2.31. The minimum Gasteiger partial charge on any atom is -0.620 e. The van der Waals surface area contributed by atoms with Crippen LogP contribution in [0.1, 0.15) is 12.5 Å². The number of esters is 1. The summed E-state index contributed by atoms with van der Waals surface area (Å²) in [5.41, 5.74) is -0.672. The van der Waals surface area contributed by atoms with E-state index in [1.165, 1.54) is 0 Å². The smallest absolute Gasteiger partial charge is 0.402 e. The zero-order chi connectivity index (χ0) is 11.8. The van der Waals surface area contributed by atoms with Crippen molar-refractivity contribution in [3.8, 4) is 5.75 Å². The molecule has 0 amide bonds. The molecule has 2 rings (SSSR count). The third-order valence-corrected chi connectivity index (χ3v) is 2.57. The minimum absolute atomic E-state index is 0.511. The van der Waals surface area contributed by atoms with Crippen molar-refractivity contribution < 1.29 is 19.0 Å². The zero-order valence-electron chi connectivity index (χ0n) is 8.97. The van der Waals surface area contributed by atoms with Crippen molar-refractivity contribution in [1.29, 1.82) is 0 Å². The lowest BCUT2D eigenvalue weighted by molar-refractivity contribution is -0.592. The van der Waals surface area contributed by atoms with Crippen molar-refractivity contribution in [2.75, 3.05) is 7.11 Å². The fraction of sp³-hybridized carbons (Fsp3) is 0.273. The topological polar surface area (TPSA) is 61.6 Å². The monoisotopic (exact) mass is 221 g/mol. The van der Waals surface area contributed by atoms with E-state index in [4.69, 9.17) is 9.47 Å². The number of cyclic esters (lactones) is 1. The van der Waals surface area contributed by atoms with Crippen LogP contribution in [-0.4, -0.2) is 24.0 Å². The van der Waals surface area contributed by atoms with Crippen molar-refractivity contribution in [1.82, 2.24) is 0 Å². The third-order valence-electron chi connectivity index (χ3n) is 2.57. The normalized spacial score (nSPS) is 23.9. The molecule has 0 aromatic heterocycles. The van der Waals surface area contributed by atoms with E-state index in [2.05, 4.69) is 0 Å². The van der Waals surface area contributed by atoms with Crippen molar-refractivity contribution >= 4 is 12.2 Å². The molecule has 0 N–H and O–H groups in total. The van der Waals surface area contributed by atoms with Gasteiger partial charge >= 0.3 is 11.7 Å². The lowest BCUT2D eigenvalue weighted by Gasteiger charge is -2.21. The standard InChI is InChI=1S/C11H11NO4/c1-11(12(14)7-10(13)16-11)8-3-5-9(15-2)6-4-8/h3-7H,1-2H3. The number of methoxy groups -OCH3 is 1. The molecule has 1 aromatic rings. The fourth-order valence-electron chi connectivity index (χ4n) is 1.57. The first-order valence-corrected chi connectivity index (χ1v) is 4.75. The maximum Gasteiger partial charge on any atom is 0.402 e. The number of hydrogen-bond acceptors (Lipinski definition) is 4. The molecule has 1 atom stereocenters. The Labute approximate surface area is 92.5 Å². The van der Waals surface area contributed by atoms with Crippen molar-refractivity contribution in [3.63, 3.8) is 0 Å². The zero-order valence-corrected chi connectivity index (χ0v) is 8.97. The van der Waals surface area contributed by atoms with Crippen LogP contribution < -0.4 is 4.74 Å². The van der Waals surface area contributed by atoms with Gasteiger partial charge in [-0.25, -0.2) is 4.79 Å². The summed E-state index contributed by atoms with van der Waals surface area (Å²) < 4.78 is 10.5. The molecule has 5 heteroatoms. The summed E-state index contributed by atoms with van der Waals surface area (Å²) in [6.07, 6.45) is 0.893. The highest BCUT2D eigenvalue weighted by Crippen LogP contribution is 2.30. The van der Waals surface area contributed by atoms with E-state index in [0.29, 0.717) is 16.1 Å². The Bertz CT molecular complexity index is 452. The largest absolute Gasteiger partial charge is 0.620 e. The van der Waals surface area contributed by atoms with E-state index in [1.54, 1.807) is 38.3 Å². The van der Waals surface area contributed by atoms with Gasteiger partial charge in [0, 0.05) is 6.92 Å². The van der Waals surface area contributed by atoms with Crippen LogP contribution in [0.15, 0.2) is 24.3 Å². The van der Waals surface area contributed by atoms with Gasteiger partial charge in [0.25, 0.3) is 6.21 Å². The summed E-state index contributed by atoms with van der Waals surface area (Å²) in [6.45, 7) is 1.54. The summed E-state index contributed by atoms with van der Waals surface area (Å²) >= 11 is 0. The first-order chi connectivity index (χ1) is 7.56. The van der Waals surface area contributed by atoms with Crippen LogP contribution in [0.25, 0.3) is 0 Å². The second-order valence-corrected chi connectivity index (χ2v) is 3.59. The highest BCUT2D eigenvalue weighted by atomic mass is 16.6. The molecule has 1 unspecified atom stereocenters. The number of ether oxygens (including phenoxy) is 2. The van der Waals surface area contributed by atoms with Crippen LogP contribution in [0.4, 0.5) is 0 Å². The second kappa shape index (κ2) is 3.52. The molecule has 1 aliphatic heterocycles. The molecule has 0 fully saturated rings. The molecule has 0 saturated carbocycles. The predicted octanol–water partition coefficient (Wildman–Crippen LogP) is 1.01. The van der Waals surface area contributed by atoms with Crippen molar-refractivity contribution in [3.05, 3.63) is 35.0 Å². The molecule has 0 aliphatic carbocycles. The molecule has 1 heterocycles. The average Bonchev–Trinajstić information content (AvgIpc) is 2.54. The van der Waals surface area contributed by atoms with Gasteiger partial charge in [0.2, 0.25) is 0 Å². The molecule has 0 radical (unpaired) electrons. The molecule has 1 aliphatic rings. The van der Waals surface area contributed by atoms with Gasteiger partial charge in [-0.3, -0.25) is 0 Å². The molecule has 84 valence electrons. The van der Waals surface area contributed by atoms with Crippen molar-refractivity contribution in [2.24, 2.45) is 0 Å². The average molecular weight is 221 g/mol. The Hall–Kier alpha value is -2.04. The minimum atomic E-state index is -1.27. The predicted molar refractivity (Wildman–Crippen MR) is 56.1 cm³/mol. The number of benzene rings is 1. The summed E-state index contributed by atoms with van der Waals surface area (Å²) in [5, 5.41) is 11.5. The van der Waals surface area contributed by atoms with E-state index in [9.17, 15) is 10.0 Å². The molecule has 0 bridgehead atoms. The summed E-state index contributed by atoms with van der Waals surface area (Å²) in [7, 11) is 1.56. The molecular formula is C11H11NO4. The maximum atomic E-state index is 11.5. The summed E-state index contributed by atoms with van der Waals surface area (Å²) in [5.74, 6) is 0.0476. The number of hydroxylamine groups is 1. The van der Waals surface area contributed by atoms with Crippen LogP contribution in [-0.2, 0) is 15.3 Å². The summed E-state index contributed by atoms with van der Waals surface area (Å²) in [4.78, 5) is 11.0. The fourth-order valence-corrected chi connectivity index (χ4v) is 1.57. The van der Waals surface area contributed by atoms with Gasteiger partial charge in [0.15, 0.2) is 0 Å². The Kier molecular flexibility index (Phi) is 2.30. The van der Waals surface area contributed by atoms with Crippen molar-refractivity contribution in [2.45, 2.75) is 12.6 Å². The molecular weight excluding hydrogens is 210 g/mol. The van der Waals surface area contributed by atoms with Crippen LogP contribution in [0.3, 0.4) is 0 Å². The van der Waals surface area contributed by atoms with Gasteiger partial charge in [0.1, 0.15) is 5.75 Å². The molecule has 0 spiro atoms. The SMILES string of the molecule is COc1ccc(C2(C)OC(=O)C=[N+]2[O-])cc1. The third kappa shape index (κ3) is 1.50. The highest BCUT2D eigenvalue weighted by Gasteiger charge is 2.45. The van der Waals surface area contributed by atoms with Gasteiger partial charge in [-0.05, 0) is 24.3 Å². The van der Waals surface area contributed by atoms with E-state index >= 15 is 0 Å². The van der Waals surface area contributed by atoms with E-state index < -0.39 is 11.7 Å². The second-order valence-electron chi connectivity index (χ2n) is 3.59. The lowest BCUT2D eigenvalue weighted by atomic mass is 10.1. The Balaban J connectivity index is 2.37. The maximum absolute atomic E-state index is 11.5. The van der Waals surface area contributed by atoms with Crippen LogP contribution in [0.5, 0.6) is 5.75 Å². The first kappa shape index (κ1) is 10.5. The molecule has 0 saturated heterocycles. The van der Waals surface area contributed by atoms with E-state index in [1.807, 2.05) is 0 Å². The van der Waals surface area contributed by atoms with Gasteiger partial charge < -0.3 is 14.7 Å². The Morgan fingerprint density at radius 3 is 2.44 bits per heavy atom. The number of carbonyl (C=O) groups is 1. The number of carbonyl (C=O) groups excluding carboxylic acids is 1. The Morgan fingerprint density at radius 2 is 2.00 bits per heavy atom. The van der Waals surface area contributed by atoms with Gasteiger partial charge in [-0.15, -0.1) is 0 Å². The number of nitrogens with zero attached hydrogens (tertiary/aromatic N) is 1. The number of hydrogen-bond donors (Lipinski definition) is 0. The quantitative estimate of drug-likeness (QED) is 0.424. The molecule has 5 nitrogen and oxygen atoms in total. The molecule has 16 heavy (non-hydrogen) atoms. The van der Waals surface area contributed by atoms with Crippen LogP contribution in [0.2, 0.25) is 0 Å². The van der Waals surface area contributed by atoms with Crippen LogP contribution >= 0.6 is 0 Å². The van der Waals surface area contributed by atoms with Gasteiger partial charge in [-0.1, -0.05) is 0 Å². The van der Waals surface area contributed by atoms with Gasteiger partial charge in [0.05, 0.1) is 12.7 Å². The Morgan fingerprint density at radius 1 is 1.38 bits per heavy atom. The van der Waals surface area contributed by atoms with Crippen LogP contribution in [0, 0.1) is 5.21 Å². The molecule has 1 aromatic carbocycles. The van der Waals surface area contributed by atoms with E-state index in [-0.39, 0.29) is 0 Å². The first-order valence-electron chi connectivity index (χ1n) is 4.75. The van der Waals surface area contributed by atoms with Gasteiger partial charge in [-0.2, -0.15) is 4.74 Å². The van der Waals surface area contributed by atoms with E-state index in [0.717, 1.165) is 6.21 Å².